The van der Waals surface area contributed by atoms with Crippen LogP contribution in [0.15, 0.2) is 158 Å². The third-order valence-corrected chi connectivity index (χ3v) is 8.89. The molecule has 0 radical (unpaired) electrons. The zero-order valence-electron chi connectivity index (χ0n) is 23.4. The van der Waals surface area contributed by atoms with Crippen LogP contribution in [0.4, 0.5) is 0 Å². The second kappa shape index (κ2) is 9.44. The van der Waals surface area contributed by atoms with Crippen LogP contribution in [0.2, 0.25) is 0 Å². The lowest BCUT2D eigenvalue weighted by Gasteiger charge is -2.22. The molecule has 1 aliphatic rings. The van der Waals surface area contributed by atoms with Gasteiger partial charge in [-0.2, -0.15) is 0 Å². The molecule has 0 aliphatic carbocycles. The zero-order chi connectivity index (χ0) is 28.3. The van der Waals surface area contributed by atoms with Crippen molar-refractivity contribution in [3.8, 4) is 56.0 Å². The molecule has 8 aromatic rings. The molecule has 1 aliphatic heterocycles. The summed E-state index contributed by atoms with van der Waals surface area (Å²) in [4.78, 5) is 0. The second-order valence-electron chi connectivity index (χ2n) is 11.3. The van der Waals surface area contributed by atoms with Gasteiger partial charge in [0.05, 0.1) is 0 Å². The first kappa shape index (κ1) is 24.0. The van der Waals surface area contributed by atoms with Gasteiger partial charge in [0.2, 0.25) is 0 Å². The number of benzene rings is 8. The SMILES string of the molecule is c1ccc(-c2ccc(-c3ccc(-c4ccc5c(c4)-c4cccc6cccc(c46)O5)c4ccccc34)c3ccccc23)cc1. The Balaban J connectivity index is 1.23. The van der Waals surface area contributed by atoms with Crippen LogP contribution in [0.25, 0.3) is 76.8 Å². The Labute approximate surface area is 250 Å². The number of rotatable bonds is 3. The van der Waals surface area contributed by atoms with Crippen molar-refractivity contribution < 1.29 is 4.74 Å². The molecule has 0 saturated heterocycles. The van der Waals surface area contributed by atoms with Gasteiger partial charge in [-0.05, 0) is 84.1 Å². The smallest absolute Gasteiger partial charge is 0.135 e. The van der Waals surface area contributed by atoms with Gasteiger partial charge in [0, 0.05) is 10.9 Å². The Hall–Kier alpha value is -5.66. The normalized spacial score (nSPS) is 11.9. The molecule has 0 N–H and O–H groups in total. The van der Waals surface area contributed by atoms with Gasteiger partial charge in [-0.1, -0.05) is 140 Å². The molecule has 0 bridgehead atoms. The quantitative estimate of drug-likeness (QED) is 0.214. The van der Waals surface area contributed by atoms with Crippen molar-refractivity contribution in [1.82, 2.24) is 0 Å². The van der Waals surface area contributed by atoms with Gasteiger partial charge in [-0.15, -0.1) is 0 Å². The van der Waals surface area contributed by atoms with Crippen LogP contribution < -0.4 is 4.74 Å². The summed E-state index contributed by atoms with van der Waals surface area (Å²) >= 11 is 0. The van der Waals surface area contributed by atoms with E-state index in [2.05, 4.69) is 158 Å². The Morgan fingerprint density at radius 2 is 0.860 bits per heavy atom. The molecule has 0 saturated carbocycles. The predicted molar refractivity (Wildman–Crippen MR) is 181 cm³/mol. The molecule has 8 aromatic carbocycles. The summed E-state index contributed by atoms with van der Waals surface area (Å²) in [5.41, 5.74) is 9.76. The average molecular weight is 547 g/mol. The molecular formula is C42H26O. The third-order valence-electron chi connectivity index (χ3n) is 8.89. The summed E-state index contributed by atoms with van der Waals surface area (Å²) in [6.45, 7) is 0. The Kier molecular flexibility index (Phi) is 5.27. The van der Waals surface area contributed by atoms with E-state index in [1.54, 1.807) is 0 Å². The van der Waals surface area contributed by atoms with E-state index >= 15 is 0 Å². The molecule has 0 aromatic heterocycles. The highest BCUT2D eigenvalue weighted by atomic mass is 16.5. The van der Waals surface area contributed by atoms with Gasteiger partial charge in [0.1, 0.15) is 11.5 Å². The van der Waals surface area contributed by atoms with E-state index in [9.17, 15) is 0 Å². The van der Waals surface area contributed by atoms with Crippen molar-refractivity contribution >= 4 is 32.3 Å². The molecule has 0 spiro atoms. The average Bonchev–Trinajstić information content (AvgIpc) is 3.08. The molecule has 1 nitrogen and oxygen atoms in total. The van der Waals surface area contributed by atoms with E-state index in [1.807, 2.05) is 0 Å². The largest absolute Gasteiger partial charge is 0.456 e. The molecule has 0 atom stereocenters. The summed E-state index contributed by atoms with van der Waals surface area (Å²) < 4.78 is 6.39. The third kappa shape index (κ3) is 3.72. The maximum absolute atomic E-state index is 6.39. The number of hydrogen-bond acceptors (Lipinski definition) is 1. The molecule has 9 rings (SSSR count). The van der Waals surface area contributed by atoms with Crippen LogP contribution in [0.5, 0.6) is 11.5 Å². The molecule has 0 unspecified atom stereocenters. The highest BCUT2D eigenvalue weighted by Crippen LogP contribution is 2.48. The fourth-order valence-corrected chi connectivity index (χ4v) is 6.92. The van der Waals surface area contributed by atoms with Gasteiger partial charge < -0.3 is 4.74 Å². The maximum Gasteiger partial charge on any atom is 0.135 e. The molecular weight excluding hydrogens is 520 g/mol. The first-order valence-electron chi connectivity index (χ1n) is 14.8. The van der Waals surface area contributed by atoms with E-state index in [-0.39, 0.29) is 0 Å². The monoisotopic (exact) mass is 546 g/mol. The minimum Gasteiger partial charge on any atom is -0.456 e. The van der Waals surface area contributed by atoms with Crippen LogP contribution in [-0.4, -0.2) is 0 Å². The first-order valence-corrected chi connectivity index (χ1v) is 14.8. The highest BCUT2D eigenvalue weighted by Gasteiger charge is 2.21. The van der Waals surface area contributed by atoms with Crippen LogP contribution in [0, 0.1) is 0 Å². The molecule has 1 heteroatoms. The summed E-state index contributed by atoms with van der Waals surface area (Å²) in [7, 11) is 0. The lowest BCUT2D eigenvalue weighted by molar-refractivity contribution is 0.487. The van der Waals surface area contributed by atoms with Crippen molar-refractivity contribution in [3.05, 3.63) is 158 Å². The maximum atomic E-state index is 6.39. The van der Waals surface area contributed by atoms with E-state index in [0.29, 0.717) is 0 Å². The van der Waals surface area contributed by atoms with Gasteiger partial charge in [0.15, 0.2) is 0 Å². The topological polar surface area (TPSA) is 9.23 Å². The van der Waals surface area contributed by atoms with Crippen molar-refractivity contribution in [3.63, 3.8) is 0 Å². The number of fused-ring (bicyclic) bond motifs is 4. The predicted octanol–water partition coefficient (Wildman–Crippen LogP) is 11.9. The molecule has 200 valence electrons. The van der Waals surface area contributed by atoms with E-state index < -0.39 is 0 Å². The second-order valence-corrected chi connectivity index (χ2v) is 11.3. The van der Waals surface area contributed by atoms with Crippen molar-refractivity contribution in [2.45, 2.75) is 0 Å². The van der Waals surface area contributed by atoms with Crippen LogP contribution in [-0.2, 0) is 0 Å². The fourth-order valence-electron chi connectivity index (χ4n) is 6.92. The summed E-state index contributed by atoms with van der Waals surface area (Å²) in [5.74, 6) is 1.83. The highest BCUT2D eigenvalue weighted by molar-refractivity contribution is 6.12. The van der Waals surface area contributed by atoms with Gasteiger partial charge >= 0.3 is 0 Å². The van der Waals surface area contributed by atoms with Crippen molar-refractivity contribution in [2.75, 3.05) is 0 Å². The molecule has 0 amide bonds. The Morgan fingerprint density at radius 3 is 1.53 bits per heavy atom. The van der Waals surface area contributed by atoms with Crippen molar-refractivity contribution in [1.29, 1.82) is 0 Å². The molecule has 0 fully saturated rings. The van der Waals surface area contributed by atoms with Crippen molar-refractivity contribution in [2.24, 2.45) is 0 Å². The minimum absolute atomic E-state index is 0.904. The van der Waals surface area contributed by atoms with E-state index in [4.69, 9.17) is 4.74 Å². The number of ether oxygens (including phenoxy) is 1. The zero-order valence-corrected chi connectivity index (χ0v) is 23.4. The molecule has 1 heterocycles. The van der Waals surface area contributed by atoms with Gasteiger partial charge in [-0.25, -0.2) is 0 Å². The standard InChI is InChI=1S/C42H26O/c1-2-10-27(11-3-1)30-21-23-36(34-16-6-4-14-32(30)34)37-24-22-31(33-15-5-7-17-35(33)37)29-20-25-40-39(26-29)38-18-8-12-28-13-9-19-41(43-40)42(28)38/h1-26H. The fraction of sp³-hybridized carbons (Fsp3) is 0. The summed E-state index contributed by atoms with van der Waals surface area (Å²) in [6, 6.07) is 56.8. The summed E-state index contributed by atoms with van der Waals surface area (Å²) in [5, 5.41) is 7.40. The van der Waals surface area contributed by atoms with Gasteiger partial charge in [-0.3, -0.25) is 0 Å². The minimum atomic E-state index is 0.904. The van der Waals surface area contributed by atoms with Crippen LogP contribution in [0.1, 0.15) is 0 Å². The molecule has 43 heavy (non-hydrogen) atoms. The van der Waals surface area contributed by atoms with E-state index in [0.717, 1.165) is 17.1 Å². The first-order chi connectivity index (χ1) is 21.3. The van der Waals surface area contributed by atoms with Crippen LogP contribution >= 0.6 is 0 Å². The summed E-state index contributed by atoms with van der Waals surface area (Å²) in [6.07, 6.45) is 0. The Morgan fingerprint density at radius 1 is 0.302 bits per heavy atom. The lowest BCUT2D eigenvalue weighted by atomic mass is 9.87. The van der Waals surface area contributed by atoms with Gasteiger partial charge in [0.25, 0.3) is 0 Å². The van der Waals surface area contributed by atoms with Crippen LogP contribution in [0.3, 0.4) is 0 Å². The van der Waals surface area contributed by atoms with E-state index in [1.165, 1.54) is 71.3 Å². The number of hydrogen-bond donors (Lipinski definition) is 0. The lowest BCUT2D eigenvalue weighted by Crippen LogP contribution is -1.97. The Bertz CT molecular complexity index is 2360.